The van der Waals surface area contributed by atoms with Gasteiger partial charge in [0.05, 0.1) is 0 Å². The van der Waals surface area contributed by atoms with Gasteiger partial charge in [-0.2, -0.15) is 0 Å². The number of rotatable bonds is 8. The molecule has 0 fully saturated rings. The Bertz CT molecular complexity index is 106. The summed E-state index contributed by atoms with van der Waals surface area (Å²) >= 11 is 0. The van der Waals surface area contributed by atoms with Crippen LogP contribution >= 0.6 is 0 Å². The number of unbranched alkanes of at least 4 members (excludes halogenated alkanes) is 1. The maximum absolute atomic E-state index is 3.20. The van der Waals surface area contributed by atoms with Crippen molar-refractivity contribution in [2.24, 2.45) is 5.92 Å². The van der Waals surface area contributed by atoms with Crippen molar-refractivity contribution in [3.63, 3.8) is 0 Å². The van der Waals surface area contributed by atoms with E-state index in [9.17, 15) is 0 Å². The Morgan fingerprint density at radius 3 is 1.50 bits per heavy atom. The molecule has 1 heteroatoms. The molecule has 0 saturated heterocycles. The summed E-state index contributed by atoms with van der Waals surface area (Å²) in [6, 6.07) is 0.704. The highest BCUT2D eigenvalue weighted by Crippen LogP contribution is 2.10. The minimum Gasteiger partial charge on any atom is -0.317 e. The van der Waals surface area contributed by atoms with Crippen LogP contribution in [0.1, 0.15) is 93.4 Å². The molecule has 114 valence electrons. The molecule has 0 aromatic heterocycles. The lowest BCUT2D eigenvalue weighted by Gasteiger charge is -2.06. The average Bonchev–Trinajstić information content (AvgIpc) is 2.39. The van der Waals surface area contributed by atoms with E-state index in [2.05, 4.69) is 39.9 Å². The summed E-state index contributed by atoms with van der Waals surface area (Å²) in [6.07, 6.45) is 9.49. The molecule has 1 nitrogen and oxygen atoms in total. The van der Waals surface area contributed by atoms with Crippen LogP contribution in [0.5, 0.6) is 0 Å². The molecule has 0 aliphatic carbocycles. The Morgan fingerprint density at radius 1 is 0.778 bits per heavy atom. The lowest BCUT2D eigenvalue weighted by atomic mass is 10.0. The molecule has 0 spiro atoms. The second-order valence-electron chi connectivity index (χ2n) is 5.01. The molecule has 18 heavy (non-hydrogen) atoms. The van der Waals surface area contributed by atoms with E-state index in [0.29, 0.717) is 6.04 Å². The first-order valence-electron chi connectivity index (χ1n) is 8.29. The van der Waals surface area contributed by atoms with Crippen molar-refractivity contribution in [2.45, 2.75) is 99.5 Å². The molecule has 0 amide bonds. The van der Waals surface area contributed by atoms with Crippen molar-refractivity contribution >= 4 is 0 Å². The van der Waals surface area contributed by atoms with Crippen molar-refractivity contribution in [2.75, 3.05) is 7.05 Å². The summed E-state index contributed by atoms with van der Waals surface area (Å²) in [7, 11) is 2.01. The maximum Gasteiger partial charge on any atom is 0.00357 e. The summed E-state index contributed by atoms with van der Waals surface area (Å²) in [6.45, 7) is 15.3. The van der Waals surface area contributed by atoms with Gasteiger partial charge in [0.15, 0.2) is 0 Å². The Balaban J connectivity index is -0.000000219. The first-order chi connectivity index (χ1) is 8.62. The fourth-order valence-electron chi connectivity index (χ4n) is 1.78. The zero-order valence-corrected chi connectivity index (χ0v) is 14.6. The third kappa shape index (κ3) is 25.0. The van der Waals surface area contributed by atoms with Crippen molar-refractivity contribution in [3.8, 4) is 0 Å². The summed E-state index contributed by atoms with van der Waals surface area (Å²) in [5.41, 5.74) is 0. The van der Waals surface area contributed by atoms with Crippen LogP contribution in [-0.2, 0) is 0 Å². The van der Waals surface area contributed by atoms with Crippen LogP contribution in [0, 0.1) is 5.92 Å². The van der Waals surface area contributed by atoms with Crippen molar-refractivity contribution in [1.29, 1.82) is 0 Å². The zero-order chi connectivity index (χ0) is 14.8. The SMILES string of the molecule is CC.CCCC(C)CCC.CCCCC(C)NC. The van der Waals surface area contributed by atoms with Crippen LogP contribution in [0.2, 0.25) is 0 Å². The maximum atomic E-state index is 3.20. The van der Waals surface area contributed by atoms with Crippen molar-refractivity contribution < 1.29 is 0 Å². The Hall–Kier alpha value is -0.0400. The molecule has 1 unspecified atom stereocenters. The minimum absolute atomic E-state index is 0.704. The monoisotopic (exact) mass is 259 g/mol. The fraction of sp³-hybridized carbons (Fsp3) is 1.00. The number of hydrogen-bond acceptors (Lipinski definition) is 1. The second-order valence-corrected chi connectivity index (χ2v) is 5.01. The van der Waals surface area contributed by atoms with Crippen LogP contribution in [0.25, 0.3) is 0 Å². The largest absolute Gasteiger partial charge is 0.317 e. The molecule has 0 bridgehead atoms. The first kappa shape index (κ1) is 23.1. The van der Waals surface area contributed by atoms with E-state index < -0.39 is 0 Å². The topological polar surface area (TPSA) is 12.0 Å². The standard InChI is InChI=1S/C8H18.C7H17N.C2H6/c1-4-6-8(3)7-5-2;1-4-5-6-7(2)8-3;1-2/h8H,4-7H2,1-3H3;7-8H,4-6H2,1-3H3;1-2H3. The molecular weight excluding hydrogens is 218 g/mol. The Kier molecular flexibility index (Phi) is 28.4. The van der Waals surface area contributed by atoms with Gasteiger partial charge in [-0.1, -0.05) is 80.1 Å². The summed E-state index contributed by atoms with van der Waals surface area (Å²) in [5.74, 6) is 0.963. The predicted molar refractivity (Wildman–Crippen MR) is 88.4 cm³/mol. The van der Waals surface area contributed by atoms with E-state index in [1.54, 1.807) is 0 Å². The van der Waals surface area contributed by atoms with Gasteiger partial charge in [0, 0.05) is 6.04 Å². The van der Waals surface area contributed by atoms with Gasteiger partial charge in [-0.3, -0.25) is 0 Å². The highest BCUT2D eigenvalue weighted by Gasteiger charge is 1.95. The molecule has 0 aliphatic rings. The molecule has 1 N–H and O–H groups in total. The number of hydrogen-bond donors (Lipinski definition) is 1. The Labute approximate surface area is 118 Å². The first-order valence-corrected chi connectivity index (χ1v) is 8.29. The summed E-state index contributed by atoms with van der Waals surface area (Å²) in [5, 5.41) is 3.20. The third-order valence-electron chi connectivity index (χ3n) is 3.05. The predicted octanol–water partition coefficient (Wildman–Crippen LogP) is 6.03. The van der Waals surface area contributed by atoms with Gasteiger partial charge in [-0.05, 0) is 26.3 Å². The van der Waals surface area contributed by atoms with Gasteiger partial charge in [0.25, 0.3) is 0 Å². The molecular formula is C17H41N. The van der Waals surface area contributed by atoms with Gasteiger partial charge in [0.1, 0.15) is 0 Å². The smallest absolute Gasteiger partial charge is 0.00357 e. The lowest BCUT2D eigenvalue weighted by molar-refractivity contribution is 0.480. The van der Waals surface area contributed by atoms with Crippen LogP contribution in [0.15, 0.2) is 0 Å². The van der Waals surface area contributed by atoms with E-state index in [0.717, 1.165) is 5.92 Å². The van der Waals surface area contributed by atoms with Gasteiger partial charge in [0.2, 0.25) is 0 Å². The second kappa shape index (κ2) is 22.2. The van der Waals surface area contributed by atoms with E-state index in [1.807, 2.05) is 20.9 Å². The molecule has 0 aromatic carbocycles. The van der Waals surface area contributed by atoms with Crippen LogP contribution < -0.4 is 5.32 Å². The molecule has 0 aromatic rings. The highest BCUT2D eigenvalue weighted by molar-refractivity contribution is 4.54. The van der Waals surface area contributed by atoms with Gasteiger partial charge in [-0.25, -0.2) is 0 Å². The summed E-state index contributed by atoms with van der Waals surface area (Å²) < 4.78 is 0. The number of nitrogens with one attached hydrogen (secondary N) is 1. The van der Waals surface area contributed by atoms with E-state index in [-0.39, 0.29) is 0 Å². The van der Waals surface area contributed by atoms with Crippen LogP contribution in [0.3, 0.4) is 0 Å². The third-order valence-corrected chi connectivity index (χ3v) is 3.05. The molecule has 0 aliphatic heterocycles. The van der Waals surface area contributed by atoms with Gasteiger partial charge < -0.3 is 5.32 Å². The van der Waals surface area contributed by atoms with E-state index >= 15 is 0 Å². The molecule has 0 radical (unpaired) electrons. The molecule has 0 saturated carbocycles. The van der Waals surface area contributed by atoms with Crippen LogP contribution in [0.4, 0.5) is 0 Å². The quantitative estimate of drug-likeness (QED) is 0.561. The van der Waals surface area contributed by atoms with Crippen molar-refractivity contribution in [3.05, 3.63) is 0 Å². The van der Waals surface area contributed by atoms with E-state index in [4.69, 9.17) is 0 Å². The molecule has 0 rings (SSSR count). The van der Waals surface area contributed by atoms with Gasteiger partial charge in [-0.15, -0.1) is 0 Å². The average molecular weight is 260 g/mol. The molecule has 1 atom stereocenters. The Morgan fingerprint density at radius 2 is 1.22 bits per heavy atom. The summed E-state index contributed by atoms with van der Waals surface area (Å²) in [4.78, 5) is 0. The minimum atomic E-state index is 0.704. The van der Waals surface area contributed by atoms with Crippen LogP contribution in [-0.4, -0.2) is 13.1 Å². The fourth-order valence-corrected chi connectivity index (χ4v) is 1.78. The normalized spacial score (nSPS) is 11.2. The zero-order valence-electron chi connectivity index (χ0n) is 14.6. The van der Waals surface area contributed by atoms with Crippen molar-refractivity contribution in [1.82, 2.24) is 5.32 Å². The van der Waals surface area contributed by atoms with E-state index in [1.165, 1.54) is 44.9 Å². The highest BCUT2D eigenvalue weighted by atomic mass is 14.8. The van der Waals surface area contributed by atoms with Gasteiger partial charge >= 0.3 is 0 Å². The lowest BCUT2D eigenvalue weighted by Crippen LogP contribution is -2.20. The molecule has 0 heterocycles.